The Kier molecular flexibility index (Phi) is 6.21. The van der Waals surface area contributed by atoms with Crippen molar-refractivity contribution in [1.82, 2.24) is 9.88 Å². The zero-order valence-electron chi connectivity index (χ0n) is 16.1. The third-order valence-electron chi connectivity index (χ3n) is 4.59. The van der Waals surface area contributed by atoms with E-state index in [9.17, 15) is 9.59 Å². The molecule has 144 valence electrons. The summed E-state index contributed by atoms with van der Waals surface area (Å²) in [5, 5.41) is 0.756. The first kappa shape index (κ1) is 19.8. The molecule has 1 amide bonds. The smallest absolute Gasteiger partial charge is 0.350 e. The molecule has 6 heteroatoms. The highest BCUT2D eigenvalue weighted by atomic mass is 32.1. The van der Waals surface area contributed by atoms with Crippen molar-refractivity contribution in [2.75, 3.05) is 13.7 Å². The fourth-order valence-electron chi connectivity index (χ4n) is 2.76. The number of carbonyl (C=O) groups is 2. The van der Waals surface area contributed by atoms with E-state index in [2.05, 4.69) is 4.98 Å². The van der Waals surface area contributed by atoms with Gasteiger partial charge in [0.25, 0.3) is 5.91 Å². The molecule has 3 rings (SSSR count). The highest BCUT2D eigenvalue weighted by molar-refractivity contribution is 7.17. The summed E-state index contributed by atoms with van der Waals surface area (Å²) >= 11 is 1.27. The molecule has 1 heterocycles. The molecule has 0 fully saturated rings. The zero-order valence-corrected chi connectivity index (χ0v) is 16.9. The quantitative estimate of drug-likeness (QED) is 0.578. The Morgan fingerprint density at radius 3 is 2.32 bits per heavy atom. The van der Waals surface area contributed by atoms with Crippen molar-refractivity contribution >= 4 is 23.2 Å². The lowest BCUT2D eigenvalue weighted by Crippen LogP contribution is -2.33. The van der Waals surface area contributed by atoms with Crippen LogP contribution < -0.4 is 0 Å². The van der Waals surface area contributed by atoms with Crippen LogP contribution in [-0.2, 0) is 9.53 Å². The standard InChI is InChI=1S/C22H22N2O3S/c1-15-20(28-21(23-15)18-12-8-5-9-13-18)22(26)27-14-19(25)24(3)16(2)17-10-6-4-7-11-17/h4-13,16H,14H2,1-3H3. The Labute approximate surface area is 168 Å². The van der Waals surface area contributed by atoms with E-state index in [1.54, 1.807) is 18.9 Å². The molecule has 0 saturated carbocycles. The van der Waals surface area contributed by atoms with E-state index in [1.807, 2.05) is 67.6 Å². The van der Waals surface area contributed by atoms with Crippen LogP contribution in [0.1, 0.15) is 33.9 Å². The number of nitrogens with zero attached hydrogens (tertiary/aromatic N) is 2. The number of amides is 1. The lowest BCUT2D eigenvalue weighted by Gasteiger charge is -2.25. The SMILES string of the molecule is Cc1nc(-c2ccccc2)sc1C(=O)OCC(=O)N(C)C(C)c1ccccc1. The van der Waals surface area contributed by atoms with Gasteiger partial charge >= 0.3 is 5.97 Å². The minimum Gasteiger partial charge on any atom is -0.451 e. The normalized spacial score (nSPS) is 11.7. The van der Waals surface area contributed by atoms with Crippen molar-refractivity contribution in [2.45, 2.75) is 19.9 Å². The number of ether oxygens (including phenoxy) is 1. The topological polar surface area (TPSA) is 59.5 Å². The number of rotatable bonds is 6. The fourth-order valence-corrected chi connectivity index (χ4v) is 3.72. The summed E-state index contributed by atoms with van der Waals surface area (Å²) in [7, 11) is 1.71. The first-order valence-electron chi connectivity index (χ1n) is 8.98. The van der Waals surface area contributed by atoms with Gasteiger partial charge in [-0.3, -0.25) is 4.79 Å². The second-order valence-corrected chi connectivity index (χ2v) is 7.47. The number of thiazole rings is 1. The van der Waals surface area contributed by atoms with Gasteiger partial charge in [0, 0.05) is 12.6 Å². The number of esters is 1. The van der Waals surface area contributed by atoms with E-state index in [1.165, 1.54) is 11.3 Å². The van der Waals surface area contributed by atoms with Crippen molar-refractivity contribution < 1.29 is 14.3 Å². The van der Waals surface area contributed by atoms with Gasteiger partial charge in [0.15, 0.2) is 6.61 Å². The van der Waals surface area contributed by atoms with E-state index in [4.69, 9.17) is 4.74 Å². The Morgan fingerprint density at radius 2 is 1.68 bits per heavy atom. The summed E-state index contributed by atoms with van der Waals surface area (Å²) in [6.45, 7) is 3.41. The molecule has 0 saturated heterocycles. The van der Waals surface area contributed by atoms with Crippen LogP contribution in [-0.4, -0.2) is 35.4 Å². The summed E-state index contributed by atoms with van der Waals surface area (Å²) in [6.07, 6.45) is 0. The molecule has 0 radical (unpaired) electrons. The van der Waals surface area contributed by atoms with Gasteiger partial charge in [0.1, 0.15) is 9.88 Å². The molecular formula is C22H22N2O3S. The maximum absolute atomic E-state index is 12.5. The van der Waals surface area contributed by atoms with Crippen LogP contribution in [0, 0.1) is 6.92 Å². The molecule has 3 aromatic rings. The lowest BCUT2D eigenvalue weighted by molar-refractivity contribution is -0.135. The second-order valence-electron chi connectivity index (χ2n) is 6.47. The summed E-state index contributed by atoms with van der Waals surface area (Å²) in [4.78, 5) is 31.4. The van der Waals surface area contributed by atoms with Gasteiger partial charge in [-0.05, 0) is 19.4 Å². The summed E-state index contributed by atoms with van der Waals surface area (Å²) in [5.74, 6) is -0.776. The summed E-state index contributed by atoms with van der Waals surface area (Å²) in [5.41, 5.74) is 2.57. The molecule has 0 N–H and O–H groups in total. The molecule has 1 atom stereocenters. The van der Waals surface area contributed by atoms with Crippen LogP contribution in [0.5, 0.6) is 0 Å². The first-order chi connectivity index (χ1) is 13.5. The molecule has 1 aromatic heterocycles. The van der Waals surface area contributed by atoms with Crippen molar-refractivity contribution in [1.29, 1.82) is 0 Å². The second kappa shape index (κ2) is 8.80. The minimum absolute atomic E-state index is 0.109. The third kappa shape index (κ3) is 4.46. The molecule has 2 aromatic carbocycles. The fraction of sp³-hybridized carbons (Fsp3) is 0.227. The van der Waals surface area contributed by atoms with Crippen LogP contribution in [0.25, 0.3) is 10.6 Å². The van der Waals surface area contributed by atoms with E-state index in [0.29, 0.717) is 10.6 Å². The van der Waals surface area contributed by atoms with Crippen molar-refractivity contribution in [2.24, 2.45) is 0 Å². The first-order valence-corrected chi connectivity index (χ1v) is 9.79. The predicted molar refractivity (Wildman–Crippen MR) is 110 cm³/mol. The third-order valence-corrected chi connectivity index (χ3v) is 5.77. The number of likely N-dealkylation sites (N-methyl/N-ethyl adjacent to an activating group) is 1. The molecule has 0 spiro atoms. The van der Waals surface area contributed by atoms with Crippen LogP contribution in [0.15, 0.2) is 60.7 Å². The largest absolute Gasteiger partial charge is 0.451 e. The van der Waals surface area contributed by atoms with E-state index >= 15 is 0 Å². The van der Waals surface area contributed by atoms with Crippen molar-refractivity contribution in [3.63, 3.8) is 0 Å². The van der Waals surface area contributed by atoms with E-state index in [-0.39, 0.29) is 18.6 Å². The Hall–Kier alpha value is -2.99. The molecule has 0 aliphatic rings. The summed E-state index contributed by atoms with van der Waals surface area (Å²) < 4.78 is 5.27. The Bertz CT molecular complexity index is 954. The van der Waals surface area contributed by atoms with Crippen LogP contribution in [0.3, 0.4) is 0 Å². The van der Waals surface area contributed by atoms with Crippen molar-refractivity contribution in [3.8, 4) is 10.6 Å². The Morgan fingerprint density at radius 1 is 1.07 bits per heavy atom. The number of aryl methyl sites for hydroxylation is 1. The highest BCUT2D eigenvalue weighted by Crippen LogP contribution is 2.28. The number of hydrogen-bond donors (Lipinski definition) is 0. The number of aromatic nitrogens is 1. The molecule has 0 bridgehead atoms. The van der Waals surface area contributed by atoms with Gasteiger partial charge < -0.3 is 9.64 Å². The summed E-state index contributed by atoms with van der Waals surface area (Å²) in [6, 6.07) is 19.3. The van der Waals surface area contributed by atoms with Gasteiger partial charge in [-0.2, -0.15) is 0 Å². The minimum atomic E-state index is -0.522. The lowest BCUT2D eigenvalue weighted by atomic mass is 10.1. The van der Waals surface area contributed by atoms with Crippen LogP contribution >= 0.6 is 11.3 Å². The van der Waals surface area contributed by atoms with Crippen LogP contribution in [0.4, 0.5) is 0 Å². The predicted octanol–water partition coefficient (Wildman–Crippen LogP) is 4.49. The molecule has 0 aliphatic carbocycles. The average Bonchev–Trinajstić information content (AvgIpc) is 3.13. The molecule has 1 unspecified atom stereocenters. The van der Waals surface area contributed by atoms with E-state index in [0.717, 1.165) is 16.1 Å². The van der Waals surface area contributed by atoms with Gasteiger partial charge in [-0.1, -0.05) is 60.7 Å². The zero-order chi connectivity index (χ0) is 20.1. The molecule has 0 aliphatic heterocycles. The van der Waals surface area contributed by atoms with Gasteiger partial charge in [-0.25, -0.2) is 9.78 Å². The monoisotopic (exact) mass is 394 g/mol. The van der Waals surface area contributed by atoms with Crippen molar-refractivity contribution in [3.05, 3.63) is 76.8 Å². The molecular weight excluding hydrogens is 372 g/mol. The highest BCUT2D eigenvalue weighted by Gasteiger charge is 2.22. The van der Waals surface area contributed by atoms with Gasteiger partial charge in [0.2, 0.25) is 0 Å². The van der Waals surface area contributed by atoms with Crippen LogP contribution in [0.2, 0.25) is 0 Å². The maximum atomic E-state index is 12.5. The molecule has 5 nitrogen and oxygen atoms in total. The number of carbonyl (C=O) groups excluding carboxylic acids is 2. The Balaban J connectivity index is 1.62. The van der Waals surface area contributed by atoms with Gasteiger partial charge in [0.05, 0.1) is 11.7 Å². The number of hydrogen-bond acceptors (Lipinski definition) is 5. The van der Waals surface area contributed by atoms with E-state index < -0.39 is 5.97 Å². The maximum Gasteiger partial charge on any atom is 0.350 e. The average molecular weight is 394 g/mol. The number of benzene rings is 2. The molecule has 28 heavy (non-hydrogen) atoms. The van der Waals surface area contributed by atoms with Gasteiger partial charge in [-0.15, -0.1) is 11.3 Å².